The predicted octanol–water partition coefficient (Wildman–Crippen LogP) is 1.73. The van der Waals surface area contributed by atoms with Crippen molar-refractivity contribution in [1.29, 1.82) is 0 Å². The predicted molar refractivity (Wildman–Crippen MR) is 84.4 cm³/mol. The molecule has 1 aliphatic carbocycles. The van der Waals surface area contributed by atoms with Crippen LogP contribution in [-0.4, -0.2) is 23.2 Å². The van der Waals surface area contributed by atoms with Crippen molar-refractivity contribution >= 4 is 23.3 Å². The van der Waals surface area contributed by atoms with Crippen LogP contribution in [0.15, 0.2) is 29.3 Å². The van der Waals surface area contributed by atoms with Gasteiger partial charge in [0.15, 0.2) is 0 Å². The standard InChI is InChI=1S/C16H20N4O2/c1-11(21)17-13-7-5-12(6-8-13)14-18-16(15(22)20-19-14)9-3-2-4-10-16/h5-8H,2-4,9-10H2,1H3,(H,17,21)(H,18,19)(H,20,22). The number of carbonyl (C=O) groups is 2. The third kappa shape index (κ3) is 2.81. The number of nitrogens with zero attached hydrogens (tertiary/aromatic N) is 1. The number of rotatable bonds is 2. The minimum absolute atomic E-state index is 0.0363. The average Bonchev–Trinajstić information content (AvgIpc) is 2.51. The second-order valence-electron chi connectivity index (χ2n) is 5.89. The topological polar surface area (TPSA) is 82.6 Å². The van der Waals surface area contributed by atoms with Gasteiger partial charge in [0.1, 0.15) is 11.4 Å². The van der Waals surface area contributed by atoms with Gasteiger partial charge in [-0.1, -0.05) is 19.3 Å². The fourth-order valence-corrected chi connectivity index (χ4v) is 3.05. The lowest BCUT2D eigenvalue weighted by Crippen LogP contribution is -2.58. The number of hydrazine groups is 1. The maximum atomic E-state index is 12.2. The molecule has 116 valence electrons. The van der Waals surface area contributed by atoms with Crippen molar-refractivity contribution in [3.63, 3.8) is 0 Å². The second kappa shape index (κ2) is 5.79. The molecule has 0 saturated heterocycles. The molecule has 1 aliphatic heterocycles. The van der Waals surface area contributed by atoms with E-state index in [1.165, 1.54) is 13.3 Å². The van der Waals surface area contributed by atoms with Gasteiger partial charge in [0.2, 0.25) is 5.91 Å². The van der Waals surface area contributed by atoms with Crippen molar-refractivity contribution in [3.8, 4) is 0 Å². The first-order valence-electron chi connectivity index (χ1n) is 7.63. The number of benzene rings is 1. The van der Waals surface area contributed by atoms with Gasteiger partial charge >= 0.3 is 0 Å². The Bertz CT molecular complexity index is 616. The number of carbonyl (C=O) groups excluding carboxylic acids is 2. The molecule has 1 aromatic rings. The first-order chi connectivity index (χ1) is 10.6. The molecule has 6 nitrogen and oxygen atoms in total. The van der Waals surface area contributed by atoms with E-state index in [1.54, 1.807) is 0 Å². The second-order valence-corrected chi connectivity index (χ2v) is 5.89. The summed E-state index contributed by atoms with van der Waals surface area (Å²) in [7, 11) is 0. The largest absolute Gasteiger partial charge is 0.326 e. The summed E-state index contributed by atoms with van der Waals surface area (Å²) < 4.78 is 0. The van der Waals surface area contributed by atoms with Crippen LogP contribution < -0.4 is 16.2 Å². The van der Waals surface area contributed by atoms with Gasteiger partial charge in [-0.05, 0) is 37.1 Å². The van der Waals surface area contributed by atoms with E-state index in [9.17, 15) is 9.59 Å². The van der Waals surface area contributed by atoms with E-state index >= 15 is 0 Å². The summed E-state index contributed by atoms with van der Waals surface area (Å²) in [5, 5.41) is 2.73. The first-order valence-corrected chi connectivity index (χ1v) is 7.63. The highest BCUT2D eigenvalue weighted by atomic mass is 16.2. The Labute approximate surface area is 129 Å². The maximum Gasteiger partial charge on any atom is 0.266 e. The summed E-state index contributed by atoms with van der Waals surface area (Å²) in [4.78, 5) is 28.0. The van der Waals surface area contributed by atoms with E-state index in [0.29, 0.717) is 5.84 Å². The highest BCUT2D eigenvalue weighted by molar-refractivity contribution is 6.05. The van der Waals surface area contributed by atoms with Gasteiger partial charge in [0, 0.05) is 18.2 Å². The highest BCUT2D eigenvalue weighted by Gasteiger charge is 2.42. The maximum absolute atomic E-state index is 12.2. The lowest BCUT2D eigenvalue weighted by Gasteiger charge is -2.36. The van der Waals surface area contributed by atoms with E-state index < -0.39 is 5.54 Å². The molecule has 1 aromatic carbocycles. The van der Waals surface area contributed by atoms with Crippen LogP contribution in [0.25, 0.3) is 0 Å². The summed E-state index contributed by atoms with van der Waals surface area (Å²) in [5.41, 5.74) is 6.64. The average molecular weight is 300 g/mol. The molecule has 0 atom stereocenters. The van der Waals surface area contributed by atoms with Gasteiger partial charge in [-0.15, -0.1) is 0 Å². The summed E-state index contributed by atoms with van der Waals surface area (Å²) in [5.74, 6) is 0.538. The zero-order chi connectivity index (χ0) is 15.6. The SMILES string of the molecule is CC(=O)Nc1ccc(C2=NC3(CCCCC3)C(=O)NN2)cc1. The van der Waals surface area contributed by atoms with E-state index in [-0.39, 0.29) is 11.8 Å². The van der Waals surface area contributed by atoms with Crippen molar-refractivity contribution in [2.24, 2.45) is 4.99 Å². The van der Waals surface area contributed by atoms with Gasteiger partial charge in [-0.2, -0.15) is 0 Å². The number of amides is 2. The Morgan fingerprint density at radius 2 is 1.82 bits per heavy atom. The minimum Gasteiger partial charge on any atom is -0.326 e. The fraction of sp³-hybridized carbons (Fsp3) is 0.438. The third-order valence-corrected chi connectivity index (χ3v) is 4.20. The monoisotopic (exact) mass is 300 g/mol. The van der Waals surface area contributed by atoms with Crippen LogP contribution in [0.5, 0.6) is 0 Å². The quantitative estimate of drug-likeness (QED) is 0.778. The van der Waals surface area contributed by atoms with Gasteiger partial charge < -0.3 is 5.32 Å². The van der Waals surface area contributed by atoms with E-state index in [2.05, 4.69) is 16.2 Å². The van der Waals surface area contributed by atoms with Crippen LogP contribution >= 0.6 is 0 Å². The summed E-state index contributed by atoms with van der Waals surface area (Å²) >= 11 is 0. The van der Waals surface area contributed by atoms with Gasteiger partial charge in [0.25, 0.3) is 5.91 Å². The fourth-order valence-electron chi connectivity index (χ4n) is 3.05. The molecular weight excluding hydrogens is 280 g/mol. The highest BCUT2D eigenvalue weighted by Crippen LogP contribution is 2.33. The summed E-state index contributed by atoms with van der Waals surface area (Å²) in [6, 6.07) is 7.41. The minimum atomic E-state index is -0.616. The number of amidine groups is 1. The molecule has 2 amide bonds. The third-order valence-electron chi connectivity index (χ3n) is 4.20. The summed E-state index contributed by atoms with van der Waals surface area (Å²) in [6.45, 7) is 1.48. The molecule has 0 aromatic heterocycles. The Balaban J connectivity index is 1.85. The van der Waals surface area contributed by atoms with Crippen LogP contribution in [0.4, 0.5) is 5.69 Å². The van der Waals surface area contributed by atoms with Crippen LogP contribution in [-0.2, 0) is 9.59 Å². The Morgan fingerprint density at radius 3 is 2.45 bits per heavy atom. The molecule has 1 fully saturated rings. The van der Waals surface area contributed by atoms with Crippen molar-refractivity contribution in [1.82, 2.24) is 10.9 Å². The van der Waals surface area contributed by atoms with Crippen LogP contribution in [0, 0.1) is 0 Å². The zero-order valence-electron chi connectivity index (χ0n) is 12.6. The Kier molecular flexibility index (Phi) is 3.83. The van der Waals surface area contributed by atoms with Crippen molar-refractivity contribution in [3.05, 3.63) is 29.8 Å². The molecule has 1 spiro atoms. The number of nitrogens with one attached hydrogen (secondary N) is 3. The van der Waals surface area contributed by atoms with Gasteiger partial charge in [-0.25, -0.2) is 4.99 Å². The lowest BCUT2D eigenvalue weighted by molar-refractivity contribution is -0.128. The van der Waals surface area contributed by atoms with E-state index in [4.69, 9.17) is 4.99 Å². The molecule has 22 heavy (non-hydrogen) atoms. The number of hydrogen-bond acceptors (Lipinski definition) is 4. The van der Waals surface area contributed by atoms with Gasteiger partial charge in [-0.3, -0.25) is 20.4 Å². The number of hydrogen-bond donors (Lipinski definition) is 3. The zero-order valence-corrected chi connectivity index (χ0v) is 12.6. The van der Waals surface area contributed by atoms with E-state index in [1.807, 2.05) is 24.3 Å². The molecule has 3 rings (SSSR count). The van der Waals surface area contributed by atoms with Crippen molar-refractivity contribution in [2.75, 3.05) is 5.32 Å². The Hall–Kier alpha value is -2.37. The van der Waals surface area contributed by atoms with Crippen molar-refractivity contribution < 1.29 is 9.59 Å². The van der Waals surface area contributed by atoms with Crippen molar-refractivity contribution in [2.45, 2.75) is 44.6 Å². The smallest absolute Gasteiger partial charge is 0.266 e. The number of anilines is 1. The molecule has 2 aliphatic rings. The van der Waals surface area contributed by atoms with Crippen LogP contribution in [0.2, 0.25) is 0 Å². The molecule has 0 unspecified atom stereocenters. The molecule has 6 heteroatoms. The van der Waals surface area contributed by atoms with Gasteiger partial charge in [0.05, 0.1) is 0 Å². The summed E-state index contributed by atoms with van der Waals surface area (Å²) in [6.07, 6.45) is 4.83. The molecule has 0 radical (unpaired) electrons. The molecule has 3 N–H and O–H groups in total. The molecule has 1 heterocycles. The lowest BCUT2D eigenvalue weighted by atomic mass is 9.81. The molecule has 1 saturated carbocycles. The van der Waals surface area contributed by atoms with Crippen LogP contribution in [0.3, 0.4) is 0 Å². The number of aliphatic imine (C=N–C) groups is 1. The van der Waals surface area contributed by atoms with Crippen LogP contribution in [0.1, 0.15) is 44.6 Å². The first kappa shape index (κ1) is 14.6. The molecule has 0 bridgehead atoms. The normalized spacial score (nSPS) is 19.9. The van der Waals surface area contributed by atoms with E-state index in [0.717, 1.165) is 36.9 Å². The Morgan fingerprint density at radius 1 is 1.14 bits per heavy atom. The molecular formula is C16H20N4O2.